The van der Waals surface area contributed by atoms with Gasteiger partial charge in [-0.2, -0.15) is 4.98 Å². The van der Waals surface area contributed by atoms with E-state index in [1.54, 1.807) is 0 Å². The van der Waals surface area contributed by atoms with Crippen LogP contribution in [0.2, 0.25) is 0 Å². The Bertz CT molecular complexity index is 1160. The number of aromatic nitrogens is 2. The Kier molecular flexibility index (Phi) is 7.81. The highest BCUT2D eigenvalue weighted by molar-refractivity contribution is 5.87. The maximum Gasteiger partial charge on any atom is 0.246 e. The van der Waals surface area contributed by atoms with Crippen LogP contribution in [0.25, 0.3) is 6.08 Å². The molecule has 0 unspecified atom stereocenters. The molecule has 0 radical (unpaired) electrons. The Morgan fingerprint density at radius 3 is 2.47 bits per heavy atom. The van der Waals surface area contributed by atoms with Gasteiger partial charge in [-0.3, -0.25) is 9.69 Å². The number of benzene rings is 1. The van der Waals surface area contributed by atoms with Gasteiger partial charge in [0.25, 0.3) is 0 Å². The number of anilines is 2. The minimum Gasteiger partial charge on any atom is -0.381 e. The van der Waals surface area contributed by atoms with Gasteiger partial charge in [-0.05, 0) is 50.8 Å². The van der Waals surface area contributed by atoms with Crippen molar-refractivity contribution in [1.82, 2.24) is 19.8 Å². The molecule has 0 spiro atoms. The fraction of sp³-hybridized carbons (Fsp3) is 0.500. The number of hydrogen-bond acceptors (Lipinski definition) is 7. The molecule has 202 valence electrons. The zero-order valence-corrected chi connectivity index (χ0v) is 22.9. The van der Waals surface area contributed by atoms with Crippen molar-refractivity contribution < 1.29 is 9.53 Å². The van der Waals surface area contributed by atoms with E-state index in [1.165, 1.54) is 17.2 Å². The topological polar surface area (TPSA) is 73.8 Å². The second-order valence-corrected chi connectivity index (χ2v) is 10.8. The summed E-state index contributed by atoms with van der Waals surface area (Å²) in [4.78, 5) is 28.3. The molecule has 1 amide bonds. The molecule has 4 heterocycles. The van der Waals surface area contributed by atoms with E-state index in [4.69, 9.17) is 9.72 Å². The van der Waals surface area contributed by atoms with Crippen LogP contribution in [0.1, 0.15) is 56.3 Å². The minimum absolute atomic E-state index is 0.0211. The second-order valence-electron chi connectivity index (χ2n) is 10.8. The van der Waals surface area contributed by atoms with Gasteiger partial charge in [-0.1, -0.05) is 43.0 Å². The van der Waals surface area contributed by atoms with Gasteiger partial charge in [0.15, 0.2) is 0 Å². The van der Waals surface area contributed by atoms with Gasteiger partial charge in [-0.25, -0.2) is 4.98 Å². The molecule has 1 atom stereocenters. The summed E-state index contributed by atoms with van der Waals surface area (Å²) < 4.78 is 5.77. The molecular weight excluding hydrogens is 476 g/mol. The third kappa shape index (κ3) is 5.20. The quantitative estimate of drug-likeness (QED) is 0.552. The van der Waals surface area contributed by atoms with Gasteiger partial charge < -0.3 is 19.9 Å². The Labute approximate surface area is 226 Å². The summed E-state index contributed by atoms with van der Waals surface area (Å²) in [7, 11) is 0. The summed E-state index contributed by atoms with van der Waals surface area (Å²) in [6, 6.07) is 9.44. The molecule has 8 heteroatoms. The van der Waals surface area contributed by atoms with E-state index in [0.29, 0.717) is 12.0 Å². The van der Waals surface area contributed by atoms with Crippen LogP contribution in [-0.2, 0) is 15.1 Å². The standard InChI is InChI=1S/C30H40N6O2/c1-5-27(37)34-15-17-35(18-16-34)30(12-19-38-20-13-30)26-10-8-24(9-11-26)23(4)32-29-31-21-25-7-6-14-36(22(2)3)28(25)33-29/h5-11,21-23H,1,12-20H2,2-4H3,(H,31,32,33)/t23-/m0/s1. The molecule has 2 saturated heterocycles. The van der Waals surface area contributed by atoms with E-state index in [2.05, 4.69) is 83.9 Å². The number of piperazine rings is 1. The van der Waals surface area contributed by atoms with Gasteiger partial charge in [0.2, 0.25) is 11.9 Å². The smallest absolute Gasteiger partial charge is 0.246 e. The lowest BCUT2D eigenvalue weighted by Crippen LogP contribution is -2.58. The van der Waals surface area contributed by atoms with Crippen LogP contribution >= 0.6 is 0 Å². The molecule has 1 aromatic carbocycles. The first-order chi connectivity index (χ1) is 18.4. The second kappa shape index (κ2) is 11.3. The molecule has 2 aromatic rings. The Balaban J connectivity index is 1.31. The Morgan fingerprint density at radius 2 is 1.82 bits per heavy atom. The number of hydrogen-bond donors (Lipinski definition) is 1. The number of rotatable bonds is 7. The van der Waals surface area contributed by atoms with E-state index in [-0.39, 0.29) is 17.5 Å². The fourth-order valence-corrected chi connectivity index (χ4v) is 5.97. The van der Waals surface area contributed by atoms with E-state index < -0.39 is 0 Å². The van der Waals surface area contributed by atoms with Gasteiger partial charge in [0.1, 0.15) is 5.82 Å². The summed E-state index contributed by atoms with van der Waals surface area (Å²) in [6.07, 6.45) is 9.50. The SMILES string of the molecule is C=CC(=O)N1CCN(C2(c3ccc([C@H](C)Nc4ncc5c(n4)N(C(C)C)CC=C5)cc3)CCOCC2)CC1. The van der Waals surface area contributed by atoms with Crippen LogP contribution in [-0.4, -0.2) is 77.7 Å². The lowest BCUT2D eigenvalue weighted by Gasteiger charge is -2.50. The highest BCUT2D eigenvalue weighted by atomic mass is 16.5. The first-order valence-electron chi connectivity index (χ1n) is 13.8. The number of carbonyl (C=O) groups excluding carboxylic acids is 1. The summed E-state index contributed by atoms with van der Waals surface area (Å²) >= 11 is 0. The number of ether oxygens (including phenoxy) is 1. The van der Waals surface area contributed by atoms with E-state index in [9.17, 15) is 4.79 Å². The number of amides is 1. The lowest BCUT2D eigenvalue weighted by molar-refractivity contribution is -0.130. The van der Waals surface area contributed by atoms with Crippen molar-refractivity contribution >= 4 is 23.7 Å². The summed E-state index contributed by atoms with van der Waals surface area (Å²) in [5.74, 6) is 1.65. The minimum atomic E-state index is -0.0633. The fourth-order valence-electron chi connectivity index (χ4n) is 5.97. The molecule has 0 bridgehead atoms. The van der Waals surface area contributed by atoms with Crippen LogP contribution < -0.4 is 10.2 Å². The lowest BCUT2D eigenvalue weighted by atomic mass is 9.80. The third-order valence-electron chi connectivity index (χ3n) is 8.28. The molecular formula is C30H40N6O2. The highest BCUT2D eigenvalue weighted by Crippen LogP contribution is 2.39. The first-order valence-corrected chi connectivity index (χ1v) is 13.8. The van der Waals surface area contributed by atoms with Crippen molar-refractivity contribution in [2.75, 3.05) is 56.2 Å². The maximum atomic E-state index is 12.1. The summed E-state index contributed by atoms with van der Waals surface area (Å²) in [6.45, 7) is 15.7. The van der Waals surface area contributed by atoms with Gasteiger partial charge in [0, 0.05) is 63.7 Å². The predicted octanol–water partition coefficient (Wildman–Crippen LogP) is 4.23. The number of nitrogens with zero attached hydrogens (tertiary/aromatic N) is 5. The van der Waals surface area contributed by atoms with Crippen LogP contribution in [0.15, 0.2) is 49.2 Å². The van der Waals surface area contributed by atoms with Crippen molar-refractivity contribution in [3.8, 4) is 0 Å². The number of fused-ring (bicyclic) bond motifs is 1. The van der Waals surface area contributed by atoms with Crippen molar-refractivity contribution in [2.24, 2.45) is 0 Å². The Morgan fingerprint density at radius 1 is 1.11 bits per heavy atom. The van der Waals surface area contributed by atoms with E-state index in [1.807, 2.05) is 11.1 Å². The first kappa shape index (κ1) is 26.4. The van der Waals surface area contributed by atoms with E-state index >= 15 is 0 Å². The Hall–Kier alpha value is -3.23. The van der Waals surface area contributed by atoms with Crippen molar-refractivity contribution in [2.45, 2.75) is 51.2 Å². The summed E-state index contributed by atoms with van der Waals surface area (Å²) in [5.41, 5.74) is 3.51. The van der Waals surface area contributed by atoms with E-state index in [0.717, 1.165) is 70.2 Å². The molecule has 5 rings (SSSR count). The molecule has 0 saturated carbocycles. The highest BCUT2D eigenvalue weighted by Gasteiger charge is 2.41. The molecule has 0 aliphatic carbocycles. The predicted molar refractivity (Wildman–Crippen MR) is 152 cm³/mol. The normalized spacial score (nSPS) is 20.2. The van der Waals surface area contributed by atoms with Gasteiger partial charge in [-0.15, -0.1) is 0 Å². The van der Waals surface area contributed by atoms with Crippen LogP contribution in [0.3, 0.4) is 0 Å². The zero-order chi connectivity index (χ0) is 26.7. The van der Waals surface area contributed by atoms with Crippen LogP contribution in [0.5, 0.6) is 0 Å². The van der Waals surface area contributed by atoms with Gasteiger partial charge in [0.05, 0.1) is 11.6 Å². The summed E-state index contributed by atoms with van der Waals surface area (Å²) in [5, 5.41) is 3.51. The van der Waals surface area contributed by atoms with Crippen molar-refractivity contribution in [3.05, 3.63) is 65.9 Å². The largest absolute Gasteiger partial charge is 0.381 e. The van der Waals surface area contributed by atoms with Crippen molar-refractivity contribution in [3.63, 3.8) is 0 Å². The molecule has 1 N–H and O–H groups in total. The molecule has 3 aliphatic rings. The molecule has 8 nitrogen and oxygen atoms in total. The molecule has 3 aliphatic heterocycles. The van der Waals surface area contributed by atoms with Crippen LogP contribution in [0, 0.1) is 0 Å². The molecule has 38 heavy (non-hydrogen) atoms. The molecule has 2 fully saturated rings. The average molecular weight is 517 g/mol. The van der Waals surface area contributed by atoms with Crippen molar-refractivity contribution in [1.29, 1.82) is 0 Å². The van der Waals surface area contributed by atoms with Crippen LogP contribution in [0.4, 0.5) is 11.8 Å². The molecule has 1 aromatic heterocycles. The maximum absolute atomic E-state index is 12.1. The zero-order valence-electron chi connectivity index (χ0n) is 22.9. The average Bonchev–Trinajstić information content (AvgIpc) is 2.96. The third-order valence-corrected chi connectivity index (χ3v) is 8.28. The van der Waals surface area contributed by atoms with Gasteiger partial charge >= 0.3 is 0 Å². The monoisotopic (exact) mass is 516 g/mol. The number of carbonyl (C=O) groups is 1. The number of nitrogens with one attached hydrogen (secondary N) is 1.